The first-order chi connectivity index (χ1) is 25.0. The second-order valence-corrected chi connectivity index (χ2v) is 10.2. The van der Waals surface area contributed by atoms with Crippen LogP contribution in [0, 0.1) is 0 Å². The van der Waals surface area contributed by atoms with E-state index in [1.54, 1.807) is 0 Å². The molecule has 24 nitrogen and oxygen atoms in total. The molecule has 24 heteroatoms. The molecule has 2 aromatic rings. The van der Waals surface area contributed by atoms with E-state index in [2.05, 4.69) is 0 Å². The van der Waals surface area contributed by atoms with E-state index in [9.17, 15) is 109 Å². The van der Waals surface area contributed by atoms with Crippen molar-refractivity contribution < 1.29 is 118 Å². The molecule has 0 aliphatic carbocycles. The molecule has 0 spiro atoms. The van der Waals surface area contributed by atoms with Crippen LogP contribution in [0.15, 0.2) is 0 Å². The first-order valence-corrected chi connectivity index (χ1v) is 14.2. The van der Waals surface area contributed by atoms with Crippen LogP contribution in [0.2, 0.25) is 0 Å². The van der Waals surface area contributed by atoms with E-state index >= 15 is 0 Å². The van der Waals surface area contributed by atoms with Crippen molar-refractivity contribution in [2.45, 2.75) is 25.7 Å². The Balaban J connectivity index is 2.31. The summed E-state index contributed by atoms with van der Waals surface area (Å²) in [5.74, 6) is -27.2. The molecule has 0 heterocycles. The van der Waals surface area contributed by atoms with Crippen LogP contribution in [0.5, 0.6) is 0 Å². The van der Waals surface area contributed by atoms with Crippen LogP contribution in [-0.2, 0) is 9.47 Å². The average Bonchev–Trinajstić information content (AvgIpc) is 3.05. The lowest BCUT2D eigenvalue weighted by atomic mass is 9.86. The van der Waals surface area contributed by atoms with Gasteiger partial charge in [-0.2, -0.15) is 0 Å². The molecule has 2 rings (SSSR count). The number of carboxylic acid groups (broad SMARTS) is 10. The normalized spacial score (nSPS) is 10.4. The van der Waals surface area contributed by atoms with Crippen LogP contribution in [0.4, 0.5) is 0 Å². The number of rotatable bonds is 19. The van der Waals surface area contributed by atoms with Crippen molar-refractivity contribution in [3.8, 4) is 0 Å². The third kappa shape index (κ3) is 8.33. The van der Waals surface area contributed by atoms with Crippen molar-refractivity contribution in [3.63, 3.8) is 0 Å². The predicted molar refractivity (Wildman–Crippen MR) is 162 cm³/mol. The van der Waals surface area contributed by atoms with Gasteiger partial charge >= 0.3 is 71.6 Å². The highest BCUT2D eigenvalue weighted by Gasteiger charge is 2.42. The van der Waals surface area contributed by atoms with Crippen LogP contribution >= 0.6 is 0 Å². The number of carboxylic acids is 10. The molecular formula is C30H22O24. The van der Waals surface area contributed by atoms with Gasteiger partial charge in [-0.05, 0) is 25.7 Å². The number of hydrogen-bond acceptors (Lipinski definition) is 14. The maximum Gasteiger partial charge on any atom is 0.339 e. The monoisotopic (exact) mass is 766 g/mol. The summed E-state index contributed by atoms with van der Waals surface area (Å²) in [5.41, 5.74) is -20.4. The van der Waals surface area contributed by atoms with E-state index in [1.165, 1.54) is 0 Å². The van der Waals surface area contributed by atoms with Crippen molar-refractivity contribution >= 4 is 71.6 Å². The predicted octanol–water partition coefficient (Wildman–Crippen LogP) is 1.24. The first-order valence-electron chi connectivity index (χ1n) is 14.2. The Morgan fingerprint density at radius 3 is 0.556 bits per heavy atom. The maximum atomic E-state index is 12.9. The molecule has 0 aliphatic rings. The number of carbonyl (C=O) groups is 12. The molecule has 0 saturated carbocycles. The van der Waals surface area contributed by atoms with Gasteiger partial charge in [-0.25, -0.2) is 57.5 Å². The fourth-order valence-corrected chi connectivity index (χ4v) is 5.08. The zero-order valence-corrected chi connectivity index (χ0v) is 26.4. The molecular weight excluding hydrogens is 744 g/mol. The standard InChI is InChI=1S/C30H22O24/c31-19(32)7-9(21(35)36)13(25(43)44)17(14(26(45)46)10(7)22(37)38)29(51)53-5-3-1-2-4-6-54-30(52)18-15(27(47)48)11(23(39)40)8(20(33)34)12(24(41)42)16(18)28(49)50/h1-6H2,(H,31,32)(H,33,34)(H,35,36)(H,37,38)(H,39,40)(H,41,42)(H,43,44)(H,45,46)(H,47,48)(H,49,50). The highest BCUT2D eigenvalue weighted by molar-refractivity contribution is 6.24. The summed E-state index contributed by atoms with van der Waals surface area (Å²) >= 11 is 0. The lowest BCUT2D eigenvalue weighted by Crippen LogP contribution is -2.28. The highest BCUT2D eigenvalue weighted by atomic mass is 16.5. The second-order valence-electron chi connectivity index (χ2n) is 10.2. The summed E-state index contributed by atoms with van der Waals surface area (Å²) < 4.78 is 9.62. The zero-order valence-electron chi connectivity index (χ0n) is 26.4. The van der Waals surface area contributed by atoms with Crippen LogP contribution in [0.25, 0.3) is 0 Å². The molecule has 286 valence electrons. The highest BCUT2D eigenvalue weighted by Crippen LogP contribution is 2.32. The Hall–Kier alpha value is -7.92. The summed E-state index contributed by atoms with van der Waals surface area (Å²) in [6, 6.07) is 0. The molecule has 10 N–H and O–H groups in total. The topological polar surface area (TPSA) is 426 Å². The summed E-state index contributed by atoms with van der Waals surface area (Å²) in [4.78, 5) is 144. The summed E-state index contributed by atoms with van der Waals surface area (Å²) in [5, 5.41) is 95.3. The van der Waals surface area contributed by atoms with Gasteiger partial charge in [0.05, 0.1) is 80.0 Å². The molecule has 0 unspecified atom stereocenters. The van der Waals surface area contributed by atoms with Gasteiger partial charge in [0.2, 0.25) is 0 Å². The number of esters is 2. The van der Waals surface area contributed by atoms with Gasteiger partial charge in [0.25, 0.3) is 0 Å². The number of ether oxygens (including phenoxy) is 2. The van der Waals surface area contributed by atoms with Gasteiger partial charge in [-0.3, -0.25) is 0 Å². The molecule has 0 radical (unpaired) electrons. The molecule has 0 aliphatic heterocycles. The minimum atomic E-state index is -2.35. The van der Waals surface area contributed by atoms with Crippen molar-refractivity contribution in [1.82, 2.24) is 0 Å². The molecule has 0 bridgehead atoms. The average molecular weight is 766 g/mol. The van der Waals surface area contributed by atoms with Gasteiger partial charge in [0.15, 0.2) is 0 Å². The van der Waals surface area contributed by atoms with E-state index in [0.29, 0.717) is 0 Å². The van der Waals surface area contributed by atoms with E-state index in [0.717, 1.165) is 0 Å². The van der Waals surface area contributed by atoms with Crippen molar-refractivity contribution in [2.75, 3.05) is 13.2 Å². The van der Waals surface area contributed by atoms with Gasteiger partial charge in [-0.15, -0.1) is 0 Å². The lowest BCUT2D eigenvalue weighted by molar-refractivity contribution is 0.0458. The minimum Gasteiger partial charge on any atom is -0.478 e. The Bertz CT molecular complexity index is 1830. The Morgan fingerprint density at radius 2 is 0.407 bits per heavy atom. The number of unbranched alkanes of at least 4 members (excludes halogenated alkanes) is 3. The van der Waals surface area contributed by atoms with Crippen molar-refractivity contribution in [3.05, 3.63) is 66.8 Å². The van der Waals surface area contributed by atoms with Crippen molar-refractivity contribution in [1.29, 1.82) is 0 Å². The third-order valence-corrected chi connectivity index (χ3v) is 7.05. The van der Waals surface area contributed by atoms with Gasteiger partial charge in [0.1, 0.15) is 0 Å². The van der Waals surface area contributed by atoms with E-state index in [1.807, 2.05) is 0 Å². The minimum absolute atomic E-state index is 0.00148. The Morgan fingerprint density at radius 1 is 0.259 bits per heavy atom. The van der Waals surface area contributed by atoms with Crippen LogP contribution in [-0.4, -0.2) is 136 Å². The van der Waals surface area contributed by atoms with Crippen LogP contribution in [0.3, 0.4) is 0 Å². The Labute approximate surface area is 295 Å². The van der Waals surface area contributed by atoms with Crippen molar-refractivity contribution in [2.24, 2.45) is 0 Å². The van der Waals surface area contributed by atoms with E-state index in [4.69, 9.17) is 9.47 Å². The number of benzene rings is 2. The summed E-state index contributed by atoms with van der Waals surface area (Å²) in [6.45, 7) is -1.39. The van der Waals surface area contributed by atoms with E-state index in [-0.39, 0.29) is 25.7 Å². The summed E-state index contributed by atoms with van der Waals surface area (Å²) in [7, 11) is 0. The lowest BCUT2D eigenvalue weighted by Gasteiger charge is -2.17. The fourth-order valence-electron chi connectivity index (χ4n) is 5.08. The third-order valence-electron chi connectivity index (χ3n) is 7.05. The molecule has 54 heavy (non-hydrogen) atoms. The largest absolute Gasteiger partial charge is 0.478 e. The molecule has 0 saturated heterocycles. The molecule has 0 amide bonds. The maximum absolute atomic E-state index is 12.9. The number of aromatic carboxylic acids is 10. The second kappa shape index (κ2) is 16.9. The number of hydrogen-bond donors (Lipinski definition) is 10. The summed E-state index contributed by atoms with van der Waals surface area (Å²) in [6.07, 6.45) is -0.354. The van der Waals surface area contributed by atoms with E-state index < -0.39 is 152 Å². The quantitative estimate of drug-likeness (QED) is 0.0710. The molecule has 2 aromatic carbocycles. The van der Waals surface area contributed by atoms with Gasteiger partial charge in [0, 0.05) is 0 Å². The number of carbonyl (C=O) groups excluding carboxylic acids is 2. The molecule has 0 atom stereocenters. The first kappa shape index (κ1) is 42.2. The fraction of sp³-hybridized carbons (Fsp3) is 0.200. The molecule has 0 aromatic heterocycles. The smallest absolute Gasteiger partial charge is 0.339 e. The van der Waals surface area contributed by atoms with Gasteiger partial charge < -0.3 is 60.5 Å². The van der Waals surface area contributed by atoms with Crippen LogP contribution in [0.1, 0.15) is 150 Å². The SMILES string of the molecule is O=C(O)c1c(C(=O)O)c(C(=O)O)c(C(=O)OCCCCCCOC(=O)c2c(C(=O)O)c(C(=O)O)c(C(=O)O)c(C(=O)O)c2C(=O)O)c(C(=O)O)c1C(=O)O. The zero-order chi connectivity index (χ0) is 41.5. The Kier molecular flexibility index (Phi) is 13.2. The van der Waals surface area contributed by atoms with Crippen LogP contribution < -0.4 is 0 Å². The molecule has 0 fully saturated rings. The van der Waals surface area contributed by atoms with Gasteiger partial charge in [-0.1, -0.05) is 0 Å².